The maximum atomic E-state index is 13.6. The zero-order valence-electron chi connectivity index (χ0n) is 19.1. The van der Waals surface area contributed by atoms with Gasteiger partial charge in [-0.25, -0.2) is 0 Å². The lowest BCUT2D eigenvalue weighted by molar-refractivity contribution is -0.134. The van der Waals surface area contributed by atoms with Crippen molar-refractivity contribution in [2.75, 3.05) is 13.2 Å². The summed E-state index contributed by atoms with van der Waals surface area (Å²) in [5, 5.41) is 3.27. The van der Waals surface area contributed by atoms with E-state index in [-0.39, 0.29) is 24.0 Å². The van der Waals surface area contributed by atoms with Gasteiger partial charge in [-0.2, -0.15) is 0 Å². The van der Waals surface area contributed by atoms with E-state index >= 15 is 0 Å². The Morgan fingerprint density at radius 1 is 1.32 bits per heavy atom. The summed E-state index contributed by atoms with van der Waals surface area (Å²) in [7, 11) is 0. The smallest absolute Gasteiger partial charge is 0.271 e. The van der Waals surface area contributed by atoms with Crippen molar-refractivity contribution in [1.29, 1.82) is 0 Å². The van der Waals surface area contributed by atoms with Gasteiger partial charge >= 0.3 is 0 Å². The highest BCUT2D eigenvalue weighted by Crippen LogP contribution is 2.33. The summed E-state index contributed by atoms with van der Waals surface area (Å²) in [4.78, 5) is 28.9. The Hall–Kier alpha value is -2.28. The molecule has 1 aliphatic heterocycles. The van der Waals surface area contributed by atoms with Crippen LogP contribution in [-0.2, 0) is 16.1 Å². The standard InChI is InChI=1S/C24H35N3O4/c1-16(2)30-12-5-11-27-22(28)20-14-21-19(10-13-31-21)26(20)15-24(27,4)23(29)25-18-8-6-17(3)7-9-18/h10,13-14,16-18H,5-9,11-12,15H2,1-4H3,(H,25,29)/t17?,18?,24-/m1/s1. The predicted molar refractivity (Wildman–Crippen MR) is 119 cm³/mol. The highest BCUT2D eigenvalue weighted by atomic mass is 16.5. The number of aromatic nitrogens is 1. The molecular weight excluding hydrogens is 394 g/mol. The Labute approximate surface area is 184 Å². The summed E-state index contributed by atoms with van der Waals surface area (Å²) < 4.78 is 13.1. The normalized spacial score (nSPS) is 26.5. The van der Waals surface area contributed by atoms with Gasteiger partial charge in [0, 0.05) is 31.3 Å². The Morgan fingerprint density at radius 2 is 2.06 bits per heavy atom. The number of rotatable bonds is 7. The first-order valence-corrected chi connectivity index (χ1v) is 11.6. The number of furan rings is 1. The molecule has 7 nitrogen and oxygen atoms in total. The quantitative estimate of drug-likeness (QED) is 0.676. The van der Waals surface area contributed by atoms with Crippen LogP contribution in [0.4, 0.5) is 0 Å². The molecule has 7 heteroatoms. The number of hydrogen-bond donors (Lipinski definition) is 1. The Morgan fingerprint density at radius 3 is 2.77 bits per heavy atom. The molecule has 3 heterocycles. The van der Waals surface area contributed by atoms with Crippen LogP contribution in [0.5, 0.6) is 0 Å². The third kappa shape index (κ3) is 4.25. The number of hydrogen-bond acceptors (Lipinski definition) is 4. The van der Waals surface area contributed by atoms with Gasteiger partial charge in [0.25, 0.3) is 5.91 Å². The number of carbonyl (C=O) groups excluding carboxylic acids is 2. The van der Waals surface area contributed by atoms with E-state index in [0.717, 1.165) is 31.2 Å². The van der Waals surface area contributed by atoms with Gasteiger partial charge in [-0.05, 0) is 58.8 Å². The lowest BCUT2D eigenvalue weighted by atomic mass is 9.86. The maximum Gasteiger partial charge on any atom is 0.271 e. The fraction of sp³-hybridized carbons (Fsp3) is 0.667. The van der Waals surface area contributed by atoms with Gasteiger partial charge in [-0.1, -0.05) is 6.92 Å². The van der Waals surface area contributed by atoms with Gasteiger partial charge in [0.15, 0.2) is 5.58 Å². The van der Waals surface area contributed by atoms with Gasteiger partial charge in [0.2, 0.25) is 5.91 Å². The van der Waals surface area contributed by atoms with Crippen molar-refractivity contribution in [1.82, 2.24) is 14.8 Å². The van der Waals surface area contributed by atoms with Gasteiger partial charge in [-0.15, -0.1) is 0 Å². The van der Waals surface area contributed by atoms with E-state index in [1.807, 2.05) is 31.4 Å². The minimum Gasteiger partial charge on any atom is -0.463 e. The van der Waals surface area contributed by atoms with Gasteiger partial charge in [-0.3, -0.25) is 9.59 Å². The zero-order valence-corrected chi connectivity index (χ0v) is 19.1. The lowest BCUT2D eigenvalue weighted by Crippen LogP contribution is -2.65. The zero-order chi connectivity index (χ0) is 22.2. The van der Waals surface area contributed by atoms with Crippen LogP contribution in [0.15, 0.2) is 22.8 Å². The predicted octanol–water partition coefficient (Wildman–Crippen LogP) is 3.96. The molecule has 31 heavy (non-hydrogen) atoms. The minimum absolute atomic E-state index is 0.0684. The molecule has 1 aliphatic carbocycles. The lowest BCUT2D eigenvalue weighted by Gasteiger charge is -2.45. The number of carbonyl (C=O) groups is 2. The molecule has 2 aromatic heterocycles. The van der Waals surface area contributed by atoms with Crippen LogP contribution < -0.4 is 5.32 Å². The second-order valence-electron chi connectivity index (χ2n) is 9.72. The van der Waals surface area contributed by atoms with E-state index < -0.39 is 5.54 Å². The average Bonchev–Trinajstić information content (AvgIpc) is 3.31. The summed E-state index contributed by atoms with van der Waals surface area (Å²) >= 11 is 0. The molecule has 0 saturated heterocycles. The first-order valence-electron chi connectivity index (χ1n) is 11.6. The Balaban J connectivity index is 1.58. The fourth-order valence-electron chi connectivity index (χ4n) is 4.91. The van der Waals surface area contributed by atoms with Crippen molar-refractivity contribution in [3.63, 3.8) is 0 Å². The van der Waals surface area contributed by atoms with Crippen LogP contribution in [-0.4, -0.2) is 52.1 Å². The van der Waals surface area contributed by atoms with E-state index in [1.165, 1.54) is 0 Å². The number of nitrogens with zero attached hydrogens (tertiary/aromatic N) is 2. The topological polar surface area (TPSA) is 76.7 Å². The molecule has 0 radical (unpaired) electrons. The van der Waals surface area contributed by atoms with Gasteiger partial charge in [0.05, 0.1) is 24.4 Å². The van der Waals surface area contributed by atoms with Crippen LogP contribution in [0.25, 0.3) is 11.1 Å². The Kier molecular flexibility index (Phi) is 6.15. The molecule has 0 unspecified atom stereocenters. The fourth-order valence-corrected chi connectivity index (χ4v) is 4.91. The molecule has 1 saturated carbocycles. The van der Waals surface area contributed by atoms with E-state index in [2.05, 4.69) is 12.2 Å². The largest absolute Gasteiger partial charge is 0.463 e. The van der Waals surface area contributed by atoms with Crippen molar-refractivity contribution in [3.05, 3.63) is 24.1 Å². The summed E-state index contributed by atoms with van der Waals surface area (Å²) in [6, 6.07) is 3.83. The number of amides is 2. The molecule has 0 aromatic carbocycles. The molecule has 2 amide bonds. The van der Waals surface area contributed by atoms with E-state index in [9.17, 15) is 9.59 Å². The van der Waals surface area contributed by atoms with Crippen molar-refractivity contribution in [2.24, 2.45) is 5.92 Å². The monoisotopic (exact) mass is 429 g/mol. The molecule has 1 N–H and O–H groups in total. The second kappa shape index (κ2) is 8.69. The number of fused-ring (bicyclic) bond motifs is 3. The number of nitrogens with one attached hydrogen (secondary N) is 1. The second-order valence-corrected chi connectivity index (χ2v) is 9.72. The van der Waals surface area contributed by atoms with Crippen LogP contribution in [0.1, 0.15) is 70.3 Å². The first-order chi connectivity index (χ1) is 14.8. The van der Waals surface area contributed by atoms with Crippen molar-refractivity contribution < 1.29 is 18.7 Å². The third-order valence-electron chi connectivity index (χ3n) is 6.87. The van der Waals surface area contributed by atoms with Gasteiger partial charge < -0.3 is 23.9 Å². The van der Waals surface area contributed by atoms with Crippen LogP contribution >= 0.6 is 0 Å². The molecular formula is C24H35N3O4. The van der Waals surface area contributed by atoms with E-state index in [0.29, 0.717) is 43.3 Å². The minimum atomic E-state index is -0.964. The molecule has 4 rings (SSSR count). The van der Waals surface area contributed by atoms with Crippen LogP contribution in [0.3, 0.4) is 0 Å². The maximum absolute atomic E-state index is 13.6. The molecule has 0 bridgehead atoms. The molecule has 0 spiro atoms. The van der Waals surface area contributed by atoms with Crippen molar-refractivity contribution >= 4 is 22.9 Å². The average molecular weight is 430 g/mol. The highest BCUT2D eigenvalue weighted by Gasteiger charge is 2.48. The summed E-state index contributed by atoms with van der Waals surface area (Å²) in [5.74, 6) is 0.521. The summed E-state index contributed by atoms with van der Waals surface area (Å²) in [6.07, 6.45) is 6.72. The van der Waals surface area contributed by atoms with E-state index in [1.54, 1.807) is 17.2 Å². The highest BCUT2D eigenvalue weighted by molar-refractivity contribution is 6.02. The first kappa shape index (κ1) is 21.9. The molecule has 1 atom stereocenters. The van der Waals surface area contributed by atoms with Crippen LogP contribution in [0, 0.1) is 5.92 Å². The summed E-state index contributed by atoms with van der Waals surface area (Å²) in [6.45, 7) is 9.60. The third-order valence-corrected chi connectivity index (χ3v) is 6.87. The summed E-state index contributed by atoms with van der Waals surface area (Å²) in [5.41, 5.74) is 1.15. The molecule has 2 aromatic rings. The van der Waals surface area contributed by atoms with E-state index in [4.69, 9.17) is 9.15 Å². The van der Waals surface area contributed by atoms with Crippen LogP contribution in [0.2, 0.25) is 0 Å². The van der Waals surface area contributed by atoms with Gasteiger partial charge in [0.1, 0.15) is 11.2 Å². The molecule has 1 fully saturated rings. The Bertz CT molecular complexity index is 938. The van der Waals surface area contributed by atoms with Crippen molar-refractivity contribution in [2.45, 2.75) is 84.0 Å². The SMILES string of the molecule is CC1CCC(NC(=O)[C@@]2(C)Cn3c(cc4occc43)C(=O)N2CCCOC(C)C)CC1. The number of ether oxygens (including phenoxy) is 1. The van der Waals surface area contributed by atoms with Crippen molar-refractivity contribution in [3.8, 4) is 0 Å². The molecule has 2 aliphatic rings. The molecule has 170 valence electrons.